The molecule has 0 radical (unpaired) electrons. The van der Waals surface area contributed by atoms with E-state index in [2.05, 4.69) is 34.1 Å². The van der Waals surface area contributed by atoms with Crippen molar-refractivity contribution in [3.05, 3.63) is 33.8 Å². The molecular formula is C14H17BrO2. The number of rotatable bonds is 4. The van der Waals surface area contributed by atoms with E-state index in [0.717, 1.165) is 10.0 Å². The molecule has 0 amide bonds. The van der Waals surface area contributed by atoms with Crippen molar-refractivity contribution in [1.82, 2.24) is 0 Å². The number of hydrogen-bond donors (Lipinski definition) is 1. The average Bonchev–Trinajstić information content (AvgIpc) is 2.98. The largest absolute Gasteiger partial charge is 0.481 e. The zero-order chi connectivity index (χ0) is 12.6. The van der Waals surface area contributed by atoms with Crippen LogP contribution in [0.2, 0.25) is 0 Å². The van der Waals surface area contributed by atoms with Gasteiger partial charge < -0.3 is 5.11 Å². The van der Waals surface area contributed by atoms with E-state index in [9.17, 15) is 4.79 Å². The maximum Gasteiger partial charge on any atom is 0.304 e. The number of carbonyl (C=O) groups is 1. The molecule has 0 bridgehead atoms. The highest BCUT2D eigenvalue weighted by Gasteiger charge is 2.28. The molecule has 3 heteroatoms. The molecule has 0 heterocycles. The lowest BCUT2D eigenvalue weighted by Crippen LogP contribution is -2.21. The van der Waals surface area contributed by atoms with Crippen LogP contribution in [0.15, 0.2) is 22.7 Å². The SMILES string of the molecule is CC(C)(CC(=O)O)c1ccc(C2CC2)c(Br)c1. The summed E-state index contributed by atoms with van der Waals surface area (Å²) < 4.78 is 1.12. The molecule has 2 nitrogen and oxygen atoms in total. The molecule has 1 aliphatic carbocycles. The van der Waals surface area contributed by atoms with Crippen LogP contribution >= 0.6 is 15.9 Å². The van der Waals surface area contributed by atoms with Gasteiger partial charge >= 0.3 is 5.97 Å². The van der Waals surface area contributed by atoms with Gasteiger partial charge in [-0.05, 0) is 36.0 Å². The van der Waals surface area contributed by atoms with Gasteiger partial charge in [0.15, 0.2) is 0 Å². The van der Waals surface area contributed by atoms with Crippen molar-refractivity contribution in [1.29, 1.82) is 0 Å². The lowest BCUT2D eigenvalue weighted by Gasteiger charge is -2.24. The van der Waals surface area contributed by atoms with Gasteiger partial charge in [-0.3, -0.25) is 4.79 Å². The first-order valence-corrected chi connectivity index (χ1v) is 6.71. The molecule has 0 atom stereocenters. The van der Waals surface area contributed by atoms with E-state index in [-0.39, 0.29) is 11.8 Å². The topological polar surface area (TPSA) is 37.3 Å². The fraction of sp³-hybridized carbons (Fsp3) is 0.500. The molecule has 2 rings (SSSR count). The maximum absolute atomic E-state index is 10.8. The first-order chi connectivity index (χ1) is 7.90. The van der Waals surface area contributed by atoms with Crippen LogP contribution in [0, 0.1) is 0 Å². The van der Waals surface area contributed by atoms with Crippen molar-refractivity contribution in [2.45, 2.75) is 44.4 Å². The molecule has 92 valence electrons. The van der Waals surface area contributed by atoms with Gasteiger partial charge in [-0.1, -0.05) is 41.9 Å². The predicted octanol–water partition coefficient (Wildman–Crippen LogP) is 4.08. The van der Waals surface area contributed by atoms with E-state index in [1.165, 1.54) is 18.4 Å². The van der Waals surface area contributed by atoms with Crippen LogP contribution in [0.5, 0.6) is 0 Å². The van der Waals surface area contributed by atoms with Crippen LogP contribution in [0.3, 0.4) is 0 Å². The summed E-state index contributed by atoms with van der Waals surface area (Å²) in [6.45, 7) is 3.94. The first-order valence-electron chi connectivity index (χ1n) is 5.92. The molecule has 1 fully saturated rings. The normalized spacial score (nSPS) is 15.9. The fourth-order valence-electron chi connectivity index (χ4n) is 2.15. The summed E-state index contributed by atoms with van der Waals surface area (Å²) >= 11 is 3.60. The fourth-order valence-corrected chi connectivity index (χ4v) is 2.86. The quantitative estimate of drug-likeness (QED) is 0.909. The van der Waals surface area contributed by atoms with Crippen molar-refractivity contribution in [3.8, 4) is 0 Å². The van der Waals surface area contributed by atoms with E-state index in [0.29, 0.717) is 5.92 Å². The zero-order valence-electron chi connectivity index (χ0n) is 10.2. The zero-order valence-corrected chi connectivity index (χ0v) is 11.8. The van der Waals surface area contributed by atoms with Crippen molar-refractivity contribution >= 4 is 21.9 Å². The summed E-state index contributed by atoms with van der Waals surface area (Å²) in [5.41, 5.74) is 2.12. The molecule has 1 saturated carbocycles. The smallest absolute Gasteiger partial charge is 0.304 e. The molecule has 1 aromatic rings. The number of halogens is 1. The lowest BCUT2D eigenvalue weighted by atomic mass is 9.81. The van der Waals surface area contributed by atoms with E-state index in [4.69, 9.17) is 5.11 Å². The molecule has 0 spiro atoms. The number of carboxylic acids is 1. The Kier molecular flexibility index (Phi) is 3.30. The number of hydrogen-bond acceptors (Lipinski definition) is 1. The van der Waals surface area contributed by atoms with E-state index >= 15 is 0 Å². The predicted molar refractivity (Wildman–Crippen MR) is 71.4 cm³/mol. The summed E-state index contributed by atoms with van der Waals surface area (Å²) in [5, 5.41) is 8.92. The highest BCUT2D eigenvalue weighted by atomic mass is 79.9. The average molecular weight is 297 g/mol. The third-order valence-corrected chi connectivity index (χ3v) is 4.08. The first kappa shape index (κ1) is 12.6. The Morgan fingerprint density at radius 2 is 2.12 bits per heavy atom. The maximum atomic E-state index is 10.8. The van der Waals surface area contributed by atoms with Crippen LogP contribution in [0.25, 0.3) is 0 Å². The second-order valence-corrected chi connectivity index (χ2v) is 6.32. The Morgan fingerprint density at radius 3 is 2.59 bits per heavy atom. The van der Waals surface area contributed by atoms with Gasteiger partial charge in [0.05, 0.1) is 6.42 Å². The minimum Gasteiger partial charge on any atom is -0.481 e. The Balaban J connectivity index is 2.26. The van der Waals surface area contributed by atoms with E-state index in [1.54, 1.807) is 0 Å². The number of carboxylic acid groups (broad SMARTS) is 1. The third kappa shape index (κ3) is 2.89. The molecule has 0 aromatic heterocycles. The number of benzene rings is 1. The second kappa shape index (κ2) is 4.45. The van der Waals surface area contributed by atoms with Gasteiger partial charge in [0.2, 0.25) is 0 Å². The standard InChI is InChI=1S/C14H17BrO2/c1-14(2,8-13(16)17)10-5-6-11(9-3-4-9)12(15)7-10/h5-7,9H,3-4,8H2,1-2H3,(H,16,17). The summed E-state index contributed by atoms with van der Waals surface area (Å²) in [6, 6.07) is 6.29. The van der Waals surface area contributed by atoms with Crippen LogP contribution in [-0.4, -0.2) is 11.1 Å². The van der Waals surface area contributed by atoms with Gasteiger partial charge in [-0.15, -0.1) is 0 Å². The minimum absolute atomic E-state index is 0.155. The molecule has 1 aromatic carbocycles. The lowest BCUT2D eigenvalue weighted by molar-refractivity contribution is -0.138. The highest BCUT2D eigenvalue weighted by Crippen LogP contribution is 2.44. The van der Waals surface area contributed by atoms with Crippen molar-refractivity contribution < 1.29 is 9.90 Å². The van der Waals surface area contributed by atoms with Crippen molar-refractivity contribution in [2.75, 3.05) is 0 Å². The molecule has 0 aliphatic heterocycles. The molecule has 0 saturated heterocycles. The van der Waals surface area contributed by atoms with Crippen LogP contribution in [0.4, 0.5) is 0 Å². The van der Waals surface area contributed by atoms with Gasteiger partial charge in [0.25, 0.3) is 0 Å². The van der Waals surface area contributed by atoms with E-state index < -0.39 is 5.97 Å². The Labute approximate surface area is 110 Å². The Bertz CT molecular complexity index is 448. The molecule has 1 N–H and O–H groups in total. The van der Waals surface area contributed by atoms with Crippen molar-refractivity contribution in [2.24, 2.45) is 0 Å². The van der Waals surface area contributed by atoms with Crippen LogP contribution in [-0.2, 0) is 10.2 Å². The summed E-state index contributed by atoms with van der Waals surface area (Å²) in [7, 11) is 0. The summed E-state index contributed by atoms with van der Waals surface area (Å²) in [4.78, 5) is 10.8. The Morgan fingerprint density at radius 1 is 1.47 bits per heavy atom. The van der Waals surface area contributed by atoms with Gasteiger partial charge in [-0.2, -0.15) is 0 Å². The van der Waals surface area contributed by atoms with Crippen molar-refractivity contribution in [3.63, 3.8) is 0 Å². The van der Waals surface area contributed by atoms with Crippen LogP contribution in [0.1, 0.15) is 50.2 Å². The molecule has 1 aliphatic rings. The molecular weight excluding hydrogens is 280 g/mol. The van der Waals surface area contributed by atoms with Crippen LogP contribution < -0.4 is 0 Å². The summed E-state index contributed by atoms with van der Waals surface area (Å²) in [5.74, 6) is -0.0431. The molecule has 0 unspecified atom stereocenters. The Hall–Kier alpha value is -0.830. The summed E-state index contributed by atoms with van der Waals surface area (Å²) in [6.07, 6.45) is 2.70. The number of aliphatic carboxylic acids is 1. The highest BCUT2D eigenvalue weighted by molar-refractivity contribution is 9.10. The third-order valence-electron chi connectivity index (χ3n) is 3.39. The van der Waals surface area contributed by atoms with Gasteiger partial charge in [0, 0.05) is 9.89 Å². The second-order valence-electron chi connectivity index (χ2n) is 5.46. The minimum atomic E-state index is -0.752. The van der Waals surface area contributed by atoms with E-state index in [1.807, 2.05) is 13.8 Å². The van der Waals surface area contributed by atoms with Gasteiger partial charge in [0.1, 0.15) is 0 Å². The van der Waals surface area contributed by atoms with Gasteiger partial charge in [-0.25, -0.2) is 0 Å². The molecule has 17 heavy (non-hydrogen) atoms. The monoisotopic (exact) mass is 296 g/mol.